The number of carbonyl (C=O) groups excluding carboxylic acids is 1. The first-order valence-electron chi connectivity index (χ1n) is 7.71. The van der Waals surface area contributed by atoms with Gasteiger partial charge in [0.25, 0.3) is 11.5 Å². The summed E-state index contributed by atoms with van der Waals surface area (Å²) in [4.78, 5) is 28.5. The van der Waals surface area contributed by atoms with Gasteiger partial charge in [-0.25, -0.2) is 4.98 Å². The largest absolute Gasteiger partial charge is 0.349 e. The zero-order chi connectivity index (χ0) is 16.5. The first kappa shape index (κ1) is 14.8. The quantitative estimate of drug-likeness (QED) is 0.796. The normalized spacial score (nSPS) is 19.0. The Morgan fingerprint density at radius 2 is 2.04 bits per heavy atom. The van der Waals surface area contributed by atoms with Gasteiger partial charge in [0.05, 0.1) is 5.56 Å². The highest BCUT2D eigenvalue weighted by molar-refractivity contribution is 7.12. The molecule has 0 saturated heterocycles. The lowest BCUT2D eigenvalue weighted by Crippen LogP contribution is -2.28. The smallest absolute Gasteiger partial charge is 0.256 e. The van der Waals surface area contributed by atoms with Crippen molar-refractivity contribution < 1.29 is 4.79 Å². The molecule has 120 valence electrons. The van der Waals surface area contributed by atoms with Gasteiger partial charge in [-0.3, -0.25) is 14.2 Å². The van der Waals surface area contributed by atoms with Crippen molar-refractivity contribution >= 4 is 17.2 Å². The average molecular weight is 337 g/mol. The molecule has 2 atom stereocenters. The van der Waals surface area contributed by atoms with Gasteiger partial charge in [0.15, 0.2) is 5.13 Å². The van der Waals surface area contributed by atoms with Crippen LogP contribution in [0.15, 0.2) is 65.0 Å². The third-order valence-corrected chi connectivity index (χ3v) is 4.90. The van der Waals surface area contributed by atoms with Gasteiger partial charge in [0.1, 0.15) is 0 Å². The standard InChI is InChI=1S/C18H15N3O2S/c22-16-7-6-13(11-21(16)18-19-8-9-24-18)17(23)20-15-10-14(15)12-4-2-1-3-5-12/h1-9,11,14-15H,10H2,(H,20,23)/t14-,15+/m0/s1. The van der Waals surface area contributed by atoms with Crippen LogP contribution in [0.5, 0.6) is 0 Å². The van der Waals surface area contributed by atoms with Crippen molar-refractivity contribution in [2.75, 3.05) is 0 Å². The van der Waals surface area contributed by atoms with Gasteiger partial charge in [-0.1, -0.05) is 30.3 Å². The van der Waals surface area contributed by atoms with E-state index in [-0.39, 0.29) is 17.5 Å². The van der Waals surface area contributed by atoms with Crippen molar-refractivity contribution in [1.29, 1.82) is 0 Å². The Hall–Kier alpha value is -2.73. The number of carbonyl (C=O) groups is 1. The highest BCUT2D eigenvalue weighted by Crippen LogP contribution is 2.40. The number of rotatable bonds is 4. The fourth-order valence-corrected chi connectivity index (χ4v) is 3.40. The molecule has 1 N–H and O–H groups in total. The minimum Gasteiger partial charge on any atom is -0.349 e. The Labute approximate surface area is 142 Å². The predicted octanol–water partition coefficient (Wildman–Crippen LogP) is 2.58. The molecule has 2 aromatic heterocycles. The van der Waals surface area contributed by atoms with E-state index in [4.69, 9.17) is 0 Å². The van der Waals surface area contributed by atoms with E-state index in [0.717, 1.165) is 6.42 Å². The molecule has 3 aromatic rings. The molecular formula is C18H15N3O2S. The van der Waals surface area contributed by atoms with Crippen molar-refractivity contribution in [3.63, 3.8) is 0 Å². The highest BCUT2D eigenvalue weighted by Gasteiger charge is 2.39. The minimum atomic E-state index is -0.199. The topological polar surface area (TPSA) is 64.0 Å². The molecule has 0 aliphatic heterocycles. The molecule has 0 unspecified atom stereocenters. The third-order valence-electron chi connectivity index (χ3n) is 4.13. The van der Waals surface area contributed by atoms with E-state index in [2.05, 4.69) is 22.4 Å². The van der Waals surface area contributed by atoms with Gasteiger partial charge in [-0.05, 0) is 18.1 Å². The monoisotopic (exact) mass is 337 g/mol. The lowest BCUT2D eigenvalue weighted by molar-refractivity contribution is 0.0949. The van der Waals surface area contributed by atoms with Crippen molar-refractivity contribution in [3.05, 3.63) is 81.7 Å². The van der Waals surface area contributed by atoms with E-state index >= 15 is 0 Å². The van der Waals surface area contributed by atoms with E-state index in [1.807, 2.05) is 18.2 Å². The lowest BCUT2D eigenvalue weighted by Gasteiger charge is -2.07. The third kappa shape index (κ3) is 2.88. The zero-order valence-electron chi connectivity index (χ0n) is 12.8. The summed E-state index contributed by atoms with van der Waals surface area (Å²) in [5, 5.41) is 5.39. The Bertz CT molecular complexity index is 919. The van der Waals surface area contributed by atoms with E-state index in [9.17, 15) is 9.59 Å². The fraction of sp³-hybridized carbons (Fsp3) is 0.167. The van der Waals surface area contributed by atoms with Gasteiger partial charge >= 0.3 is 0 Å². The molecule has 5 nitrogen and oxygen atoms in total. The number of amides is 1. The number of thiazole rings is 1. The second kappa shape index (κ2) is 6.05. The summed E-state index contributed by atoms with van der Waals surface area (Å²) in [5.74, 6) is 0.212. The van der Waals surface area contributed by atoms with Crippen LogP contribution < -0.4 is 10.9 Å². The molecule has 1 amide bonds. The number of pyridine rings is 1. The molecular weight excluding hydrogens is 322 g/mol. The first-order chi connectivity index (χ1) is 11.7. The molecule has 1 aromatic carbocycles. The van der Waals surface area contributed by atoms with Crippen LogP contribution >= 0.6 is 11.3 Å². The second-order valence-corrected chi connectivity index (χ2v) is 6.65. The van der Waals surface area contributed by atoms with Crippen LogP contribution in [0.1, 0.15) is 28.3 Å². The van der Waals surface area contributed by atoms with Crippen LogP contribution in [-0.2, 0) is 0 Å². The van der Waals surface area contributed by atoms with Gasteiger partial charge in [-0.2, -0.15) is 0 Å². The maximum absolute atomic E-state index is 12.5. The molecule has 1 saturated carbocycles. The maximum atomic E-state index is 12.5. The highest BCUT2D eigenvalue weighted by atomic mass is 32.1. The van der Waals surface area contributed by atoms with Crippen LogP contribution in [0.2, 0.25) is 0 Å². The first-order valence-corrected chi connectivity index (χ1v) is 8.59. The maximum Gasteiger partial charge on any atom is 0.256 e. The molecule has 0 radical (unpaired) electrons. The molecule has 1 aliphatic carbocycles. The van der Waals surface area contributed by atoms with E-state index in [0.29, 0.717) is 16.6 Å². The van der Waals surface area contributed by atoms with Crippen LogP contribution in [-0.4, -0.2) is 21.5 Å². The van der Waals surface area contributed by atoms with Crippen LogP contribution in [0.4, 0.5) is 0 Å². The lowest BCUT2D eigenvalue weighted by atomic mass is 10.1. The number of hydrogen-bond acceptors (Lipinski definition) is 4. The minimum absolute atomic E-state index is 0.153. The van der Waals surface area contributed by atoms with E-state index in [1.54, 1.807) is 23.8 Å². The summed E-state index contributed by atoms with van der Waals surface area (Å²) in [7, 11) is 0. The summed E-state index contributed by atoms with van der Waals surface area (Å²) in [5.41, 5.74) is 1.51. The predicted molar refractivity (Wildman–Crippen MR) is 92.8 cm³/mol. The van der Waals surface area contributed by atoms with E-state index in [1.165, 1.54) is 27.5 Å². The Morgan fingerprint density at radius 3 is 2.79 bits per heavy atom. The molecule has 0 spiro atoms. The molecule has 24 heavy (non-hydrogen) atoms. The number of nitrogens with zero attached hydrogens (tertiary/aromatic N) is 2. The number of hydrogen-bond donors (Lipinski definition) is 1. The zero-order valence-corrected chi connectivity index (χ0v) is 13.6. The van der Waals surface area contributed by atoms with Gasteiger partial charge in [0.2, 0.25) is 0 Å². The summed E-state index contributed by atoms with van der Waals surface area (Å²) in [6, 6.07) is 13.3. The molecule has 4 rings (SSSR count). The van der Waals surface area contributed by atoms with Crippen molar-refractivity contribution in [2.24, 2.45) is 0 Å². The Morgan fingerprint density at radius 1 is 1.21 bits per heavy atom. The van der Waals surface area contributed by atoms with Gasteiger partial charge < -0.3 is 5.32 Å². The molecule has 1 aliphatic rings. The van der Waals surface area contributed by atoms with Crippen LogP contribution in [0.3, 0.4) is 0 Å². The van der Waals surface area contributed by atoms with Gasteiger partial charge in [0, 0.05) is 35.8 Å². The van der Waals surface area contributed by atoms with Crippen molar-refractivity contribution in [3.8, 4) is 5.13 Å². The van der Waals surface area contributed by atoms with Crippen LogP contribution in [0.25, 0.3) is 5.13 Å². The van der Waals surface area contributed by atoms with Gasteiger partial charge in [-0.15, -0.1) is 11.3 Å². The molecule has 0 bridgehead atoms. The molecule has 2 heterocycles. The molecule has 6 heteroatoms. The fourth-order valence-electron chi connectivity index (χ4n) is 2.78. The number of benzene rings is 1. The average Bonchev–Trinajstić information content (AvgIpc) is 3.16. The Kier molecular flexibility index (Phi) is 3.74. The Balaban J connectivity index is 1.50. The summed E-state index contributed by atoms with van der Waals surface area (Å²) in [6.45, 7) is 0. The number of aromatic nitrogens is 2. The SMILES string of the molecule is O=C(N[C@@H]1C[C@H]1c1ccccc1)c1ccc(=O)n(-c2nccs2)c1. The van der Waals surface area contributed by atoms with E-state index < -0.39 is 0 Å². The van der Waals surface area contributed by atoms with Crippen molar-refractivity contribution in [1.82, 2.24) is 14.9 Å². The van der Waals surface area contributed by atoms with Crippen molar-refractivity contribution in [2.45, 2.75) is 18.4 Å². The number of nitrogens with one attached hydrogen (secondary N) is 1. The summed E-state index contributed by atoms with van der Waals surface area (Å²) >= 11 is 1.35. The van der Waals surface area contributed by atoms with Crippen LogP contribution in [0, 0.1) is 0 Å². The summed E-state index contributed by atoms with van der Waals surface area (Å²) < 4.78 is 1.40. The second-order valence-electron chi connectivity index (χ2n) is 5.77. The molecule has 1 fully saturated rings. The summed E-state index contributed by atoms with van der Waals surface area (Å²) in [6.07, 6.45) is 4.13.